The molecule has 1 aliphatic heterocycles. The summed E-state index contributed by atoms with van der Waals surface area (Å²) < 4.78 is 0. The molecule has 5 nitrogen and oxygen atoms in total. The maximum atomic E-state index is 12.7. The Morgan fingerprint density at radius 3 is 1.96 bits per heavy atom. The van der Waals surface area contributed by atoms with Gasteiger partial charge in [-0.1, -0.05) is 38.5 Å². The average molecular weight is 360 g/mol. The summed E-state index contributed by atoms with van der Waals surface area (Å²) in [6, 6.07) is 0.351. The van der Waals surface area contributed by atoms with Gasteiger partial charge in [0.05, 0.1) is 0 Å². The lowest BCUT2D eigenvalue weighted by atomic mass is 9.81. The van der Waals surface area contributed by atoms with Gasteiger partial charge in [0.2, 0.25) is 5.91 Å². The summed E-state index contributed by atoms with van der Waals surface area (Å²) in [5.41, 5.74) is 0. The molecule has 2 fully saturated rings. The molecule has 0 bridgehead atoms. The number of carbonyl (C=O) groups is 3. The fourth-order valence-corrected chi connectivity index (χ4v) is 4.57. The van der Waals surface area contributed by atoms with E-state index in [2.05, 4.69) is 5.32 Å². The van der Waals surface area contributed by atoms with Crippen molar-refractivity contribution in [3.05, 3.63) is 12.2 Å². The van der Waals surface area contributed by atoms with E-state index in [4.69, 9.17) is 0 Å². The van der Waals surface area contributed by atoms with E-state index in [0.29, 0.717) is 18.5 Å². The van der Waals surface area contributed by atoms with Crippen LogP contribution in [0.3, 0.4) is 0 Å². The molecular weight excluding hydrogens is 328 g/mol. The topological polar surface area (TPSA) is 66.5 Å². The predicted octanol–water partition coefficient (Wildman–Crippen LogP) is 3.34. The molecule has 1 heterocycles. The molecule has 2 aliphatic carbocycles. The summed E-state index contributed by atoms with van der Waals surface area (Å²) >= 11 is 0. The number of rotatable bonds is 4. The summed E-state index contributed by atoms with van der Waals surface area (Å²) in [6.45, 7) is 0.502. The van der Waals surface area contributed by atoms with Gasteiger partial charge in [-0.05, 0) is 44.4 Å². The number of nitrogens with one attached hydrogen (secondary N) is 1. The number of hydrogen-bond donors (Lipinski definition) is 1. The molecule has 0 atom stereocenters. The van der Waals surface area contributed by atoms with Crippen molar-refractivity contribution in [3.63, 3.8) is 0 Å². The minimum atomic E-state index is -0.199. The van der Waals surface area contributed by atoms with Crippen molar-refractivity contribution >= 4 is 17.7 Å². The highest BCUT2D eigenvalue weighted by atomic mass is 16.2. The van der Waals surface area contributed by atoms with E-state index in [-0.39, 0.29) is 23.6 Å². The van der Waals surface area contributed by atoms with Crippen molar-refractivity contribution in [3.8, 4) is 0 Å². The third kappa shape index (κ3) is 5.18. The maximum Gasteiger partial charge on any atom is 0.253 e. The van der Waals surface area contributed by atoms with Gasteiger partial charge < -0.3 is 5.32 Å². The zero-order chi connectivity index (χ0) is 18.4. The molecule has 0 spiro atoms. The Morgan fingerprint density at radius 1 is 0.846 bits per heavy atom. The molecule has 2 saturated carbocycles. The quantitative estimate of drug-likeness (QED) is 0.782. The van der Waals surface area contributed by atoms with Gasteiger partial charge in [-0.25, -0.2) is 0 Å². The molecule has 26 heavy (non-hydrogen) atoms. The Balaban J connectivity index is 1.41. The van der Waals surface area contributed by atoms with Crippen LogP contribution in [0.25, 0.3) is 0 Å². The SMILES string of the molecule is O=C(NC1CCCCCCCC1)C1CCC(CN2C(=O)C=CC2=O)CC1. The molecule has 0 unspecified atom stereocenters. The Morgan fingerprint density at radius 2 is 1.38 bits per heavy atom. The van der Waals surface area contributed by atoms with Crippen molar-refractivity contribution in [2.45, 2.75) is 83.1 Å². The zero-order valence-electron chi connectivity index (χ0n) is 15.8. The Labute approximate surface area is 156 Å². The Kier molecular flexibility index (Phi) is 6.86. The fourth-order valence-electron chi connectivity index (χ4n) is 4.57. The van der Waals surface area contributed by atoms with Gasteiger partial charge in [0.25, 0.3) is 11.8 Å². The van der Waals surface area contributed by atoms with Gasteiger partial charge in [0, 0.05) is 30.7 Å². The highest BCUT2D eigenvalue weighted by molar-refractivity contribution is 6.12. The summed E-state index contributed by atoms with van der Waals surface area (Å²) in [7, 11) is 0. The Bertz CT molecular complexity index is 521. The molecule has 5 heteroatoms. The summed E-state index contributed by atoms with van der Waals surface area (Å²) in [6.07, 6.45) is 16.2. The van der Waals surface area contributed by atoms with Crippen LogP contribution < -0.4 is 5.32 Å². The van der Waals surface area contributed by atoms with Crippen LogP contribution in [0.4, 0.5) is 0 Å². The molecule has 0 aromatic carbocycles. The van der Waals surface area contributed by atoms with E-state index in [1.807, 2.05) is 0 Å². The van der Waals surface area contributed by atoms with Crippen LogP contribution in [-0.4, -0.2) is 35.2 Å². The monoisotopic (exact) mass is 360 g/mol. The van der Waals surface area contributed by atoms with Crippen molar-refractivity contribution in [1.82, 2.24) is 10.2 Å². The van der Waals surface area contributed by atoms with E-state index in [1.165, 1.54) is 55.6 Å². The first-order valence-electron chi connectivity index (χ1n) is 10.5. The highest BCUT2D eigenvalue weighted by Crippen LogP contribution is 2.30. The molecule has 0 saturated heterocycles. The van der Waals surface area contributed by atoms with E-state index < -0.39 is 0 Å². The van der Waals surface area contributed by atoms with Crippen LogP contribution in [0.5, 0.6) is 0 Å². The number of nitrogens with zero attached hydrogens (tertiary/aromatic N) is 1. The van der Waals surface area contributed by atoms with Gasteiger partial charge in [-0.15, -0.1) is 0 Å². The second kappa shape index (κ2) is 9.33. The maximum absolute atomic E-state index is 12.7. The molecule has 3 amide bonds. The molecule has 0 aromatic heterocycles. The smallest absolute Gasteiger partial charge is 0.253 e. The minimum absolute atomic E-state index is 0.0991. The van der Waals surface area contributed by atoms with E-state index in [0.717, 1.165) is 38.5 Å². The van der Waals surface area contributed by atoms with Gasteiger partial charge in [-0.2, -0.15) is 0 Å². The molecule has 1 N–H and O–H groups in total. The summed E-state index contributed by atoms with van der Waals surface area (Å²) in [5, 5.41) is 3.32. The minimum Gasteiger partial charge on any atom is -0.353 e. The average Bonchev–Trinajstić information content (AvgIpc) is 3.02. The van der Waals surface area contributed by atoms with Gasteiger partial charge >= 0.3 is 0 Å². The lowest BCUT2D eigenvalue weighted by Gasteiger charge is -2.31. The molecule has 3 aliphatic rings. The first-order chi connectivity index (χ1) is 12.6. The normalized spacial score (nSPS) is 28.5. The van der Waals surface area contributed by atoms with Gasteiger partial charge in [-0.3, -0.25) is 19.3 Å². The number of amides is 3. The first-order valence-corrected chi connectivity index (χ1v) is 10.5. The third-order valence-electron chi connectivity index (χ3n) is 6.26. The lowest BCUT2D eigenvalue weighted by Crippen LogP contribution is -2.41. The highest BCUT2D eigenvalue weighted by Gasteiger charge is 2.31. The van der Waals surface area contributed by atoms with Gasteiger partial charge in [0.15, 0.2) is 0 Å². The summed E-state index contributed by atoms with van der Waals surface area (Å²) in [4.78, 5) is 37.4. The second-order valence-electron chi connectivity index (χ2n) is 8.24. The summed E-state index contributed by atoms with van der Waals surface area (Å²) in [5.74, 6) is 0.256. The van der Waals surface area contributed by atoms with Crippen LogP contribution >= 0.6 is 0 Å². The molecule has 0 radical (unpaired) electrons. The lowest BCUT2D eigenvalue weighted by molar-refractivity contribution is -0.138. The van der Waals surface area contributed by atoms with Crippen LogP contribution in [0.1, 0.15) is 77.0 Å². The van der Waals surface area contributed by atoms with Crippen LogP contribution in [0.2, 0.25) is 0 Å². The largest absolute Gasteiger partial charge is 0.353 e. The first kappa shape index (κ1) is 19.1. The molecule has 144 valence electrons. The molecular formula is C21H32N2O3. The third-order valence-corrected chi connectivity index (χ3v) is 6.26. The van der Waals surface area contributed by atoms with Crippen molar-refractivity contribution in [2.24, 2.45) is 11.8 Å². The second-order valence-corrected chi connectivity index (χ2v) is 8.24. The van der Waals surface area contributed by atoms with Crippen LogP contribution in [0, 0.1) is 11.8 Å². The predicted molar refractivity (Wildman–Crippen MR) is 100 cm³/mol. The Hall–Kier alpha value is -1.65. The van der Waals surface area contributed by atoms with Crippen molar-refractivity contribution in [2.75, 3.05) is 6.54 Å². The number of carbonyl (C=O) groups excluding carboxylic acids is 3. The molecule has 0 aromatic rings. The van der Waals surface area contributed by atoms with Crippen molar-refractivity contribution < 1.29 is 14.4 Å². The van der Waals surface area contributed by atoms with Crippen LogP contribution in [0.15, 0.2) is 12.2 Å². The molecule has 3 rings (SSSR count). The fraction of sp³-hybridized carbons (Fsp3) is 0.762. The number of imide groups is 1. The standard InChI is InChI=1S/C21H32N2O3/c24-19-13-14-20(25)23(19)15-16-9-11-17(12-10-16)21(26)22-18-7-5-3-1-2-4-6-8-18/h13-14,16-18H,1-12,15H2,(H,22,26). The van der Waals surface area contributed by atoms with Crippen LogP contribution in [-0.2, 0) is 14.4 Å². The van der Waals surface area contributed by atoms with E-state index in [9.17, 15) is 14.4 Å². The van der Waals surface area contributed by atoms with Gasteiger partial charge in [0.1, 0.15) is 0 Å². The number of hydrogen-bond acceptors (Lipinski definition) is 3. The van der Waals surface area contributed by atoms with Crippen molar-refractivity contribution in [1.29, 1.82) is 0 Å². The zero-order valence-corrected chi connectivity index (χ0v) is 15.8. The van der Waals surface area contributed by atoms with E-state index in [1.54, 1.807) is 0 Å². The van der Waals surface area contributed by atoms with E-state index >= 15 is 0 Å².